The number of aliphatic hydroxyl groups excluding tert-OH is 1. The molecule has 0 rings (SSSR count). The summed E-state index contributed by atoms with van der Waals surface area (Å²) < 4.78 is 20.9. The van der Waals surface area contributed by atoms with Gasteiger partial charge in [-0.3, -0.25) is 4.79 Å². The molecule has 0 aromatic heterocycles. The van der Waals surface area contributed by atoms with Crippen molar-refractivity contribution in [2.75, 3.05) is 66.0 Å². The Morgan fingerprint density at radius 3 is 1.81 bits per heavy atom. The zero-order valence-electron chi connectivity index (χ0n) is 13.0. The smallest absolute Gasteiger partial charge is 0.220 e. The summed E-state index contributed by atoms with van der Waals surface area (Å²) in [4.78, 5) is 11.1. The molecular weight excluding hydrogens is 278 g/mol. The normalized spacial score (nSPS) is 10.8. The fourth-order valence-electron chi connectivity index (χ4n) is 1.40. The average molecular weight is 307 g/mol. The minimum Gasteiger partial charge on any atom is -0.394 e. The highest BCUT2D eigenvalue weighted by Crippen LogP contribution is 1.85. The number of carbonyl (C=O) groups excluding carboxylic acids is 1. The highest BCUT2D eigenvalue weighted by atomic mass is 16.6. The van der Waals surface area contributed by atoms with E-state index in [2.05, 4.69) is 5.32 Å². The summed E-state index contributed by atoms with van der Waals surface area (Å²) in [6.45, 7) is 6.39. The number of ether oxygens (including phenoxy) is 4. The van der Waals surface area contributed by atoms with Crippen LogP contribution < -0.4 is 5.32 Å². The number of hydrogen-bond acceptors (Lipinski definition) is 6. The van der Waals surface area contributed by atoms with Crippen LogP contribution in [0.15, 0.2) is 0 Å². The maximum absolute atomic E-state index is 11.1. The van der Waals surface area contributed by atoms with Crippen molar-refractivity contribution in [2.24, 2.45) is 0 Å². The number of aliphatic hydroxyl groups is 1. The van der Waals surface area contributed by atoms with Crippen LogP contribution in [0.1, 0.15) is 19.8 Å². The van der Waals surface area contributed by atoms with Crippen molar-refractivity contribution in [2.45, 2.75) is 19.8 Å². The lowest BCUT2D eigenvalue weighted by Crippen LogP contribution is -2.27. The topological polar surface area (TPSA) is 86.3 Å². The van der Waals surface area contributed by atoms with E-state index in [4.69, 9.17) is 24.1 Å². The lowest BCUT2D eigenvalue weighted by Gasteiger charge is -2.07. The second-order valence-electron chi connectivity index (χ2n) is 4.27. The van der Waals surface area contributed by atoms with E-state index in [1.54, 1.807) is 0 Å². The summed E-state index contributed by atoms with van der Waals surface area (Å²) in [5.41, 5.74) is 0. The molecule has 0 atom stereocenters. The summed E-state index contributed by atoms with van der Waals surface area (Å²) in [6.07, 6.45) is 1.42. The Labute approximate surface area is 126 Å². The third-order valence-electron chi connectivity index (χ3n) is 2.40. The summed E-state index contributed by atoms with van der Waals surface area (Å²) in [6, 6.07) is 0. The molecule has 0 heterocycles. The zero-order valence-corrected chi connectivity index (χ0v) is 13.0. The van der Waals surface area contributed by atoms with Crippen molar-refractivity contribution in [3.8, 4) is 0 Å². The number of nitrogens with one attached hydrogen (secondary N) is 1. The first kappa shape index (κ1) is 20.3. The largest absolute Gasteiger partial charge is 0.394 e. The molecule has 0 aromatic rings. The van der Waals surface area contributed by atoms with E-state index in [-0.39, 0.29) is 12.5 Å². The standard InChI is InChI=1S/C14H29NO6/c1-2-3-14(17)15-4-6-18-8-10-20-12-13-21-11-9-19-7-5-16/h16H,2-13H2,1H3,(H,15,17). The molecule has 0 aliphatic carbocycles. The fraction of sp³-hybridized carbons (Fsp3) is 0.929. The third-order valence-corrected chi connectivity index (χ3v) is 2.40. The van der Waals surface area contributed by atoms with Gasteiger partial charge < -0.3 is 29.4 Å². The highest BCUT2D eigenvalue weighted by molar-refractivity contribution is 5.75. The lowest BCUT2D eigenvalue weighted by molar-refractivity contribution is -0.121. The molecule has 0 aliphatic heterocycles. The minimum atomic E-state index is 0.0331. The number of hydrogen-bond donors (Lipinski definition) is 2. The van der Waals surface area contributed by atoms with Crippen LogP contribution in [0.3, 0.4) is 0 Å². The molecule has 0 aromatic carbocycles. The zero-order chi connectivity index (χ0) is 15.6. The first-order valence-corrected chi connectivity index (χ1v) is 7.49. The molecule has 7 heteroatoms. The molecule has 0 aliphatic rings. The Hall–Kier alpha value is -0.730. The Bertz CT molecular complexity index is 228. The molecule has 0 saturated carbocycles. The van der Waals surface area contributed by atoms with E-state index in [1.807, 2.05) is 6.92 Å². The second-order valence-corrected chi connectivity index (χ2v) is 4.27. The Morgan fingerprint density at radius 2 is 1.33 bits per heavy atom. The van der Waals surface area contributed by atoms with Gasteiger partial charge in [0.25, 0.3) is 0 Å². The van der Waals surface area contributed by atoms with Crippen LogP contribution in [0.4, 0.5) is 0 Å². The molecule has 0 unspecified atom stereocenters. The van der Waals surface area contributed by atoms with Gasteiger partial charge in [0.1, 0.15) is 0 Å². The van der Waals surface area contributed by atoms with E-state index in [0.717, 1.165) is 6.42 Å². The van der Waals surface area contributed by atoms with Crippen molar-refractivity contribution >= 4 is 5.91 Å². The summed E-state index contributed by atoms with van der Waals surface area (Å²) in [7, 11) is 0. The van der Waals surface area contributed by atoms with Crippen molar-refractivity contribution in [3.05, 3.63) is 0 Å². The van der Waals surface area contributed by atoms with Gasteiger partial charge in [-0.2, -0.15) is 0 Å². The molecule has 0 bridgehead atoms. The first-order chi connectivity index (χ1) is 10.3. The van der Waals surface area contributed by atoms with Gasteiger partial charge in [0.15, 0.2) is 0 Å². The van der Waals surface area contributed by atoms with Gasteiger partial charge in [-0.15, -0.1) is 0 Å². The van der Waals surface area contributed by atoms with Crippen LogP contribution in [0.25, 0.3) is 0 Å². The molecule has 21 heavy (non-hydrogen) atoms. The molecule has 0 saturated heterocycles. The van der Waals surface area contributed by atoms with E-state index >= 15 is 0 Å². The number of rotatable bonds is 16. The van der Waals surface area contributed by atoms with Gasteiger partial charge in [-0.05, 0) is 6.42 Å². The second kappa shape index (κ2) is 17.3. The van der Waals surface area contributed by atoms with Gasteiger partial charge in [0.05, 0.1) is 59.5 Å². The van der Waals surface area contributed by atoms with Crippen molar-refractivity contribution < 1.29 is 28.8 Å². The first-order valence-electron chi connectivity index (χ1n) is 7.49. The molecule has 0 fully saturated rings. The molecular formula is C14H29NO6. The van der Waals surface area contributed by atoms with E-state index in [9.17, 15) is 4.79 Å². The van der Waals surface area contributed by atoms with Gasteiger partial charge in [-0.1, -0.05) is 6.92 Å². The van der Waals surface area contributed by atoms with Crippen molar-refractivity contribution in [3.63, 3.8) is 0 Å². The van der Waals surface area contributed by atoms with E-state index in [0.29, 0.717) is 65.8 Å². The van der Waals surface area contributed by atoms with Crippen molar-refractivity contribution in [1.82, 2.24) is 5.32 Å². The summed E-state index contributed by atoms with van der Waals surface area (Å²) >= 11 is 0. The highest BCUT2D eigenvalue weighted by Gasteiger charge is 1.97. The Morgan fingerprint density at radius 1 is 0.857 bits per heavy atom. The monoisotopic (exact) mass is 307 g/mol. The molecule has 7 nitrogen and oxygen atoms in total. The van der Waals surface area contributed by atoms with Crippen LogP contribution in [-0.4, -0.2) is 77.0 Å². The quantitative estimate of drug-likeness (QED) is 0.389. The summed E-state index contributed by atoms with van der Waals surface area (Å²) in [5.74, 6) is 0.0671. The Balaban J connectivity index is 3.01. The lowest BCUT2D eigenvalue weighted by atomic mass is 10.3. The van der Waals surface area contributed by atoms with Gasteiger partial charge >= 0.3 is 0 Å². The minimum absolute atomic E-state index is 0.0331. The van der Waals surface area contributed by atoms with Crippen LogP contribution >= 0.6 is 0 Å². The predicted molar refractivity (Wildman–Crippen MR) is 78.3 cm³/mol. The molecule has 2 N–H and O–H groups in total. The van der Waals surface area contributed by atoms with Crippen LogP contribution in [0, 0.1) is 0 Å². The van der Waals surface area contributed by atoms with E-state index < -0.39 is 0 Å². The predicted octanol–water partition coefficient (Wildman–Crippen LogP) is -0.0386. The molecule has 0 radical (unpaired) electrons. The maximum atomic E-state index is 11.1. The van der Waals surface area contributed by atoms with E-state index in [1.165, 1.54) is 0 Å². The van der Waals surface area contributed by atoms with Crippen molar-refractivity contribution in [1.29, 1.82) is 0 Å². The Kier molecular flexibility index (Phi) is 16.7. The molecule has 0 spiro atoms. The van der Waals surface area contributed by atoms with Crippen LogP contribution in [-0.2, 0) is 23.7 Å². The molecule has 1 amide bonds. The molecule has 126 valence electrons. The third kappa shape index (κ3) is 17.2. The maximum Gasteiger partial charge on any atom is 0.220 e. The van der Waals surface area contributed by atoms with Gasteiger partial charge in [0, 0.05) is 13.0 Å². The number of carbonyl (C=O) groups is 1. The average Bonchev–Trinajstić information content (AvgIpc) is 2.48. The SMILES string of the molecule is CCCC(=O)NCCOCCOCCOCCOCCO. The van der Waals surface area contributed by atoms with Gasteiger partial charge in [0.2, 0.25) is 5.91 Å². The number of amides is 1. The van der Waals surface area contributed by atoms with Gasteiger partial charge in [-0.25, -0.2) is 0 Å². The fourth-order valence-corrected chi connectivity index (χ4v) is 1.40. The van der Waals surface area contributed by atoms with Crippen LogP contribution in [0.2, 0.25) is 0 Å². The van der Waals surface area contributed by atoms with Crippen LogP contribution in [0.5, 0.6) is 0 Å². The summed E-state index contributed by atoms with van der Waals surface area (Å²) in [5, 5.41) is 11.2.